The van der Waals surface area contributed by atoms with E-state index in [2.05, 4.69) is 13.8 Å². The summed E-state index contributed by atoms with van der Waals surface area (Å²) in [5, 5.41) is 0. The minimum Gasteiger partial charge on any atom is -0.756 e. The Morgan fingerprint density at radius 2 is 1.18 bits per heavy atom. The van der Waals surface area contributed by atoms with Gasteiger partial charge in [-0.05, 0) is 26.7 Å². The summed E-state index contributed by atoms with van der Waals surface area (Å²) in [6, 6.07) is 0. The second-order valence-electron chi connectivity index (χ2n) is 5.98. The third kappa shape index (κ3) is 16.3. The third-order valence-electron chi connectivity index (χ3n) is 3.55. The van der Waals surface area contributed by atoms with Crippen molar-refractivity contribution in [3.05, 3.63) is 0 Å². The van der Waals surface area contributed by atoms with Crippen LogP contribution in [0.5, 0.6) is 0 Å². The third-order valence-corrected chi connectivity index (χ3v) is 4.78. The van der Waals surface area contributed by atoms with Gasteiger partial charge in [0.1, 0.15) is 0 Å². The van der Waals surface area contributed by atoms with E-state index in [0.29, 0.717) is 0 Å². The molecule has 0 aromatic rings. The molecule has 2 atom stereocenters. The van der Waals surface area contributed by atoms with Crippen LogP contribution in [0.25, 0.3) is 0 Å². The van der Waals surface area contributed by atoms with E-state index in [1.165, 1.54) is 25.7 Å². The predicted octanol–water partition coefficient (Wildman–Crippen LogP) is 5.21. The van der Waals surface area contributed by atoms with Gasteiger partial charge in [-0.1, -0.05) is 65.2 Å². The van der Waals surface area contributed by atoms with Gasteiger partial charge in [-0.25, -0.2) is 0 Å². The second kappa shape index (κ2) is 16.0. The van der Waals surface area contributed by atoms with Crippen LogP contribution >= 0.6 is 7.82 Å². The molecular formula is C16H34NdO4P-. The van der Waals surface area contributed by atoms with Crippen molar-refractivity contribution < 1.29 is 59.3 Å². The molecule has 0 rings (SSSR count). The molecule has 0 saturated heterocycles. The second-order valence-corrected chi connectivity index (χ2v) is 7.29. The van der Waals surface area contributed by atoms with Crippen molar-refractivity contribution in [1.82, 2.24) is 0 Å². The molecule has 0 saturated carbocycles. The molecule has 0 amide bonds. The number of rotatable bonds is 14. The quantitative estimate of drug-likeness (QED) is 0.261. The van der Waals surface area contributed by atoms with Crippen LogP contribution in [0.4, 0.5) is 0 Å². The molecule has 22 heavy (non-hydrogen) atoms. The molecule has 0 N–H and O–H groups in total. The summed E-state index contributed by atoms with van der Waals surface area (Å²) < 4.78 is 22.0. The Kier molecular flexibility index (Phi) is 18.6. The zero-order chi connectivity index (χ0) is 16.1. The maximum Gasteiger partial charge on any atom is 0.268 e. The summed E-state index contributed by atoms with van der Waals surface area (Å²) in [5.41, 5.74) is 0. The molecule has 0 spiro atoms. The Labute approximate surface area is 170 Å². The number of phosphoric ester groups is 1. The van der Waals surface area contributed by atoms with Gasteiger partial charge < -0.3 is 13.9 Å². The predicted molar refractivity (Wildman–Crippen MR) is 86.2 cm³/mol. The van der Waals surface area contributed by atoms with Crippen molar-refractivity contribution in [3.63, 3.8) is 0 Å². The molecule has 132 valence electrons. The Morgan fingerprint density at radius 3 is 1.50 bits per heavy atom. The smallest absolute Gasteiger partial charge is 0.268 e. The van der Waals surface area contributed by atoms with Crippen molar-refractivity contribution in [2.45, 2.75) is 104 Å². The zero-order valence-electron chi connectivity index (χ0n) is 14.8. The van der Waals surface area contributed by atoms with E-state index >= 15 is 0 Å². The first kappa shape index (κ1) is 25.7. The van der Waals surface area contributed by atoms with E-state index in [9.17, 15) is 9.46 Å². The van der Waals surface area contributed by atoms with Crippen LogP contribution in [0.1, 0.15) is 91.9 Å². The summed E-state index contributed by atoms with van der Waals surface area (Å²) in [6.07, 6.45) is 9.92. The van der Waals surface area contributed by atoms with Gasteiger partial charge >= 0.3 is 0 Å². The van der Waals surface area contributed by atoms with Crippen molar-refractivity contribution in [1.29, 1.82) is 0 Å². The average Bonchev–Trinajstić information content (AvgIpc) is 2.38. The van der Waals surface area contributed by atoms with E-state index < -0.39 is 7.82 Å². The Hall–Kier alpha value is 1.46. The molecule has 0 radical (unpaired) electrons. The van der Waals surface area contributed by atoms with Gasteiger partial charge in [0.05, 0.1) is 12.2 Å². The van der Waals surface area contributed by atoms with Crippen LogP contribution in [0.3, 0.4) is 0 Å². The van der Waals surface area contributed by atoms with Gasteiger partial charge in [0.15, 0.2) is 0 Å². The van der Waals surface area contributed by atoms with E-state index in [4.69, 9.17) is 9.05 Å². The zero-order valence-corrected chi connectivity index (χ0v) is 18.9. The minimum atomic E-state index is -4.17. The standard InChI is InChI=1S/C16H35O4P.Nd/c1-5-7-9-11-13-15(3)19-21(17,18)20-16(4)14-12-10-8-6-2;/h15-16H,5-14H2,1-4H3,(H,17,18);/p-1. The molecule has 0 aromatic heterocycles. The first-order valence-corrected chi connectivity index (χ1v) is 10.0. The molecule has 0 aliphatic carbocycles. The summed E-state index contributed by atoms with van der Waals surface area (Å²) >= 11 is 0. The molecule has 0 aliphatic rings. The molecule has 0 bridgehead atoms. The van der Waals surface area contributed by atoms with E-state index in [-0.39, 0.29) is 53.0 Å². The molecule has 0 aromatic carbocycles. The maximum absolute atomic E-state index is 11.8. The first-order chi connectivity index (χ1) is 9.91. The number of unbranched alkanes of at least 4 members (excludes halogenated alkanes) is 6. The normalized spacial score (nSPS) is 16.6. The number of hydrogen-bond donors (Lipinski definition) is 0. The van der Waals surface area contributed by atoms with Gasteiger partial charge in [0.25, 0.3) is 7.82 Å². The maximum atomic E-state index is 11.8. The van der Waals surface area contributed by atoms with E-state index in [0.717, 1.165) is 38.5 Å². The minimum absolute atomic E-state index is 0. The van der Waals surface area contributed by atoms with Crippen LogP contribution in [0.15, 0.2) is 0 Å². The van der Waals surface area contributed by atoms with Crippen molar-refractivity contribution in [3.8, 4) is 0 Å². The SMILES string of the molecule is CCCCCCC(C)OP(=O)([O-])OC(C)CCCCCC.[Nd]. The molecule has 6 heteroatoms. The van der Waals surface area contributed by atoms with Gasteiger partial charge in [0.2, 0.25) is 0 Å². The van der Waals surface area contributed by atoms with E-state index in [1.54, 1.807) is 13.8 Å². The fraction of sp³-hybridized carbons (Fsp3) is 1.00. The number of phosphoric acid groups is 1. The summed E-state index contributed by atoms with van der Waals surface area (Å²) in [5.74, 6) is 0. The Balaban J connectivity index is 0. The fourth-order valence-corrected chi connectivity index (χ4v) is 3.43. The van der Waals surface area contributed by atoms with Crippen LogP contribution in [-0.2, 0) is 13.6 Å². The van der Waals surface area contributed by atoms with Crippen LogP contribution in [0, 0.1) is 40.8 Å². The molecule has 0 heterocycles. The summed E-state index contributed by atoms with van der Waals surface area (Å²) in [6.45, 7) is 7.90. The first-order valence-electron chi connectivity index (χ1n) is 8.59. The van der Waals surface area contributed by atoms with Crippen LogP contribution in [0.2, 0.25) is 0 Å². The van der Waals surface area contributed by atoms with Crippen molar-refractivity contribution in [2.75, 3.05) is 0 Å². The van der Waals surface area contributed by atoms with Crippen LogP contribution < -0.4 is 4.89 Å². The van der Waals surface area contributed by atoms with E-state index in [1.807, 2.05) is 0 Å². The van der Waals surface area contributed by atoms with Crippen molar-refractivity contribution >= 4 is 7.82 Å². The van der Waals surface area contributed by atoms with Gasteiger partial charge in [0, 0.05) is 40.8 Å². The molecular weight excluding hydrogens is 431 g/mol. The summed E-state index contributed by atoms with van der Waals surface area (Å²) in [7, 11) is -4.17. The van der Waals surface area contributed by atoms with Crippen LogP contribution in [-0.4, -0.2) is 12.2 Å². The number of hydrogen-bond acceptors (Lipinski definition) is 4. The monoisotopic (exact) mass is 463 g/mol. The Bertz CT molecular complexity index is 265. The van der Waals surface area contributed by atoms with Gasteiger partial charge in [-0.3, -0.25) is 4.57 Å². The Morgan fingerprint density at radius 1 is 0.818 bits per heavy atom. The topological polar surface area (TPSA) is 58.6 Å². The largest absolute Gasteiger partial charge is 0.756 e. The average molecular weight is 466 g/mol. The molecule has 4 nitrogen and oxygen atoms in total. The summed E-state index contributed by atoms with van der Waals surface area (Å²) in [4.78, 5) is 11.8. The molecule has 0 fully saturated rings. The molecule has 2 unspecified atom stereocenters. The van der Waals surface area contributed by atoms with Crippen molar-refractivity contribution in [2.24, 2.45) is 0 Å². The van der Waals surface area contributed by atoms with Gasteiger partial charge in [-0.15, -0.1) is 0 Å². The fourth-order valence-electron chi connectivity index (χ4n) is 2.29. The molecule has 0 aliphatic heterocycles. The van der Waals surface area contributed by atoms with Gasteiger partial charge in [-0.2, -0.15) is 0 Å².